The van der Waals surface area contributed by atoms with Crippen LogP contribution in [0.1, 0.15) is 43.4 Å². The largest absolute Gasteiger partial charge is 0.360 e. The molecule has 1 saturated carbocycles. The molecule has 25 heavy (non-hydrogen) atoms. The minimum absolute atomic E-state index is 0.248. The Kier molecular flexibility index (Phi) is 4.70. The van der Waals surface area contributed by atoms with Crippen molar-refractivity contribution in [3.8, 4) is 11.3 Å². The molecule has 4 nitrogen and oxygen atoms in total. The second kappa shape index (κ2) is 7.12. The molecule has 2 aliphatic rings. The van der Waals surface area contributed by atoms with Crippen molar-refractivity contribution in [2.24, 2.45) is 0 Å². The molecule has 6 heteroatoms. The maximum Gasteiger partial charge on any atom is 0.170 e. The maximum atomic E-state index is 13.1. The maximum absolute atomic E-state index is 13.1. The molecule has 0 amide bonds. The van der Waals surface area contributed by atoms with E-state index in [0.29, 0.717) is 12.6 Å². The van der Waals surface area contributed by atoms with Crippen LogP contribution in [0.2, 0.25) is 0 Å². The fourth-order valence-electron chi connectivity index (χ4n) is 3.75. The predicted molar refractivity (Wildman–Crippen MR) is 98.6 cm³/mol. The number of halogens is 1. The Morgan fingerprint density at radius 1 is 1.20 bits per heavy atom. The highest BCUT2D eigenvalue weighted by Crippen LogP contribution is 2.30. The van der Waals surface area contributed by atoms with Crippen molar-refractivity contribution in [1.29, 1.82) is 0 Å². The quantitative estimate of drug-likeness (QED) is 0.820. The molecule has 132 valence electrons. The van der Waals surface area contributed by atoms with Gasteiger partial charge in [0.2, 0.25) is 0 Å². The Morgan fingerprint density at radius 2 is 1.96 bits per heavy atom. The number of hydrogen-bond donors (Lipinski definition) is 1. The van der Waals surface area contributed by atoms with Crippen molar-refractivity contribution < 1.29 is 8.91 Å². The van der Waals surface area contributed by atoms with Crippen LogP contribution >= 0.6 is 12.2 Å². The number of fused-ring (bicyclic) bond motifs is 1. The predicted octanol–water partition coefficient (Wildman–Crippen LogP) is 4.05. The van der Waals surface area contributed by atoms with Gasteiger partial charge in [-0.3, -0.25) is 0 Å². The van der Waals surface area contributed by atoms with Crippen molar-refractivity contribution in [3.63, 3.8) is 0 Å². The Morgan fingerprint density at radius 3 is 2.72 bits per heavy atom. The summed E-state index contributed by atoms with van der Waals surface area (Å²) >= 11 is 5.61. The smallest absolute Gasteiger partial charge is 0.170 e. The summed E-state index contributed by atoms with van der Waals surface area (Å²) in [6, 6.07) is 6.87. The molecule has 2 aromatic rings. The molecule has 0 atom stereocenters. The van der Waals surface area contributed by atoms with Gasteiger partial charge < -0.3 is 14.7 Å². The Hall–Kier alpha value is -1.95. The van der Waals surface area contributed by atoms with Crippen LogP contribution in [0.25, 0.3) is 11.3 Å². The van der Waals surface area contributed by atoms with Gasteiger partial charge in [-0.25, -0.2) is 4.39 Å². The van der Waals surface area contributed by atoms with Crippen LogP contribution in [0.15, 0.2) is 28.8 Å². The van der Waals surface area contributed by atoms with Gasteiger partial charge in [0.1, 0.15) is 11.5 Å². The Bertz CT molecular complexity index is 753. The molecule has 1 aliphatic carbocycles. The molecule has 2 heterocycles. The summed E-state index contributed by atoms with van der Waals surface area (Å²) in [6.45, 7) is 1.51. The van der Waals surface area contributed by atoms with E-state index in [1.807, 2.05) is 0 Å². The van der Waals surface area contributed by atoms with Gasteiger partial charge in [-0.15, -0.1) is 0 Å². The molecule has 1 aromatic heterocycles. The number of thiocarbonyl (C=S) groups is 1. The molecule has 0 bridgehead atoms. The monoisotopic (exact) mass is 359 g/mol. The van der Waals surface area contributed by atoms with Crippen LogP contribution < -0.4 is 5.32 Å². The number of rotatable bonds is 2. The van der Waals surface area contributed by atoms with Crippen molar-refractivity contribution in [3.05, 3.63) is 41.3 Å². The minimum Gasteiger partial charge on any atom is -0.360 e. The summed E-state index contributed by atoms with van der Waals surface area (Å²) in [5.41, 5.74) is 2.91. The van der Waals surface area contributed by atoms with Crippen molar-refractivity contribution in [1.82, 2.24) is 15.4 Å². The summed E-state index contributed by atoms with van der Waals surface area (Å²) < 4.78 is 18.7. The lowest BCUT2D eigenvalue weighted by Gasteiger charge is -2.32. The van der Waals surface area contributed by atoms with E-state index >= 15 is 0 Å². The van der Waals surface area contributed by atoms with E-state index in [-0.39, 0.29) is 5.82 Å². The number of nitrogens with one attached hydrogen (secondary N) is 1. The number of aromatic nitrogens is 1. The Labute approximate surface area is 152 Å². The van der Waals surface area contributed by atoms with Crippen molar-refractivity contribution in [2.75, 3.05) is 6.54 Å². The minimum atomic E-state index is -0.248. The van der Waals surface area contributed by atoms with E-state index in [1.54, 1.807) is 12.1 Å². The third kappa shape index (κ3) is 3.54. The first kappa shape index (κ1) is 16.5. The highest BCUT2D eigenvalue weighted by molar-refractivity contribution is 7.80. The van der Waals surface area contributed by atoms with E-state index in [2.05, 4.69) is 15.4 Å². The summed E-state index contributed by atoms with van der Waals surface area (Å²) in [5.74, 6) is 0.503. The number of hydrogen-bond acceptors (Lipinski definition) is 3. The molecule has 0 unspecified atom stereocenters. The highest BCUT2D eigenvalue weighted by Gasteiger charge is 2.27. The van der Waals surface area contributed by atoms with Gasteiger partial charge in [-0.2, -0.15) is 0 Å². The fraction of sp³-hybridized carbons (Fsp3) is 0.474. The van der Waals surface area contributed by atoms with E-state index in [9.17, 15) is 4.39 Å². The first-order chi connectivity index (χ1) is 12.2. The third-order valence-electron chi connectivity index (χ3n) is 5.17. The average molecular weight is 359 g/mol. The van der Waals surface area contributed by atoms with Crippen LogP contribution in [0.5, 0.6) is 0 Å². The molecule has 1 aliphatic heterocycles. The van der Waals surface area contributed by atoms with Crippen LogP contribution in [-0.4, -0.2) is 27.8 Å². The zero-order valence-corrected chi connectivity index (χ0v) is 14.9. The molecule has 1 fully saturated rings. The van der Waals surface area contributed by atoms with Gasteiger partial charge in [0, 0.05) is 23.7 Å². The summed E-state index contributed by atoms with van der Waals surface area (Å²) in [5, 5.41) is 8.58. The van der Waals surface area contributed by atoms with Crippen LogP contribution in [-0.2, 0) is 13.0 Å². The second-order valence-electron chi connectivity index (χ2n) is 6.90. The standard InChI is InChI=1S/C19H22FN3OS/c20-14-8-6-13(7-9-14)18-16-10-11-23(12-17(16)22-24-18)19(25)21-15-4-2-1-3-5-15/h6-9,15H,1-5,10-12H2,(H,21,25). The Balaban J connectivity index is 1.45. The van der Waals surface area contributed by atoms with Crippen molar-refractivity contribution >= 4 is 17.3 Å². The first-order valence-corrected chi connectivity index (χ1v) is 9.40. The third-order valence-corrected chi connectivity index (χ3v) is 5.54. The van der Waals surface area contributed by atoms with Crippen LogP contribution in [0.4, 0.5) is 4.39 Å². The lowest BCUT2D eigenvalue weighted by molar-refractivity contribution is 0.346. The molecule has 1 aromatic carbocycles. The van der Waals surface area contributed by atoms with Gasteiger partial charge in [0.15, 0.2) is 10.9 Å². The summed E-state index contributed by atoms with van der Waals surface area (Å²) in [7, 11) is 0. The molecule has 0 spiro atoms. The highest BCUT2D eigenvalue weighted by atomic mass is 32.1. The summed E-state index contributed by atoms with van der Waals surface area (Å²) in [6.07, 6.45) is 7.15. The molecule has 0 radical (unpaired) electrons. The van der Waals surface area contributed by atoms with Gasteiger partial charge in [0.05, 0.1) is 6.54 Å². The molecule has 4 rings (SSSR count). The van der Waals surface area contributed by atoms with Crippen LogP contribution in [0, 0.1) is 5.82 Å². The number of nitrogens with zero attached hydrogens (tertiary/aromatic N) is 2. The van der Waals surface area contributed by atoms with Gasteiger partial charge in [-0.05, 0) is 55.7 Å². The topological polar surface area (TPSA) is 41.3 Å². The molecular weight excluding hydrogens is 337 g/mol. The van der Waals surface area contributed by atoms with Gasteiger partial charge in [0.25, 0.3) is 0 Å². The SMILES string of the molecule is Fc1ccc(-c2onc3c2CCN(C(=S)NC2CCCCC2)C3)cc1. The van der Waals surface area contributed by atoms with Crippen LogP contribution in [0.3, 0.4) is 0 Å². The zero-order valence-electron chi connectivity index (χ0n) is 14.1. The average Bonchev–Trinajstić information content (AvgIpc) is 3.06. The molecule has 0 saturated heterocycles. The van der Waals surface area contributed by atoms with Crippen molar-refractivity contribution in [2.45, 2.75) is 51.1 Å². The van der Waals surface area contributed by atoms with E-state index < -0.39 is 0 Å². The fourth-order valence-corrected chi connectivity index (χ4v) is 4.07. The number of benzene rings is 1. The molecular formula is C19H22FN3OS. The van der Waals surface area contributed by atoms with Gasteiger partial charge in [-0.1, -0.05) is 24.4 Å². The van der Waals surface area contributed by atoms with E-state index in [0.717, 1.165) is 40.7 Å². The van der Waals surface area contributed by atoms with E-state index in [4.69, 9.17) is 16.7 Å². The first-order valence-electron chi connectivity index (χ1n) is 8.99. The van der Waals surface area contributed by atoms with Gasteiger partial charge >= 0.3 is 0 Å². The lowest BCUT2D eigenvalue weighted by Crippen LogP contribution is -2.47. The molecule has 1 N–H and O–H groups in total. The second-order valence-corrected chi connectivity index (χ2v) is 7.29. The zero-order chi connectivity index (χ0) is 17.2. The van der Waals surface area contributed by atoms with E-state index in [1.165, 1.54) is 44.2 Å². The summed E-state index contributed by atoms with van der Waals surface area (Å²) in [4.78, 5) is 2.17. The lowest BCUT2D eigenvalue weighted by atomic mass is 9.95. The normalized spacial score (nSPS) is 18.0.